The van der Waals surface area contributed by atoms with Gasteiger partial charge in [0.05, 0.1) is 11.3 Å². The van der Waals surface area contributed by atoms with Crippen LogP contribution in [0.4, 0.5) is 24.8 Å². The average Bonchev–Trinajstić information content (AvgIpc) is 3.06. The number of amides is 1. The van der Waals surface area contributed by atoms with Crippen molar-refractivity contribution in [3.63, 3.8) is 0 Å². The number of benzene rings is 1. The third-order valence-corrected chi connectivity index (χ3v) is 4.62. The first-order chi connectivity index (χ1) is 13.7. The summed E-state index contributed by atoms with van der Waals surface area (Å²) in [6, 6.07) is 8.06. The summed E-state index contributed by atoms with van der Waals surface area (Å²) in [6.07, 6.45) is -3.39. The second-order valence-corrected chi connectivity index (χ2v) is 6.68. The van der Waals surface area contributed by atoms with Crippen molar-refractivity contribution in [2.75, 3.05) is 18.1 Å². The molecule has 0 radical (unpaired) electrons. The molecule has 1 aromatic heterocycles. The Hall–Kier alpha value is -2.59. The van der Waals surface area contributed by atoms with E-state index in [4.69, 9.17) is 5.73 Å². The average molecular weight is 472 g/mol. The van der Waals surface area contributed by atoms with Crippen molar-refractivity contribution in [2.24, 2.45) is 0 Å². The highest BCUT2D eigenvalue weighted by Crippen LogP contribution is 2.32. The van der Waals surface area contributed by atoms with Crippen molar-refractivity contribution in [3.8, 4) is 0 Å². The first-order valence-corrected chi connectivity index (χ1v) is 9.57. The van der Waals surface area contributed by atoms with Gasteiger partial charge in [-0.05, 0) is 46.3 Å². The number of pyridine rings is 1. The third kappa shape index (κ3) is 5.27. The fourth-order valence-corrected chi connectivity index (χ4v) is 3.08. The molecule has 0 saturated heterocycles. The molecule has 1 amide bonds. The van der Waals surface area contributed by atoms with Crippen LogP contribution in [0, 0.1) is 0 Å². The fourth-order valence-electron chi connectivity index (χ4n) is 2.61. The van der Waals surface area contributed by atoms with E-state index in [0.717, 1.165) is 6.08 Å². The highest BCUT2D eigenvalue weighted by atomic mass is 79.9. The Labute approximate surface area is 175 Å². The number of nitrogens with one attached hydrogen (secondary N) is 2. The van der Waals surface area contributed by atoms with Crippen molar-refractivity contribution >= 4 is 39.2 Å². The SMILES string of the molecule is CC.CN1NC(C(F)(F)F)C=C1c1ccc(NC(=O)c2ccccc2Br)nc1N. The van der Waals surface area contributed by atoms with Gasteiger partial charge in [0.2, 0.25) is 0 Å². The summed E-state index contributed by atoms with van der Waals surface area (Å²) in [5, 5.41) is 3.85. The van der Waals surface area contributed by atoms with Crippen LogP contribution in [-0.2, 0) is 0 Å². The van der Waals surface area contributed by atoms with E-state index in [1.165, 1.54) is 24.2 Å². The molecule has 1 unspecified atom stereocenters. The highest BCUT2D eigenvalue weighted by Gasteiger charge is 2.42. The zero-order chi connectivity index (χ0) is 21.8. The number of alkyl halides is 3. The molecule has 0 fully saturated rings. The van der Waals surface area contributed by atoms with E-state index < -0.39 is 18.1 Å². The fraction of sp³-hybridized carbons (Fsp3) is 0.263. The zero-order valence-electron chi connectivity index (χ0n) is 16.0. The van der Waals surface area contributed by atoms with Gasteiger partial charge in [-0.25, -0.2) is 10.4 Å². The first kappa shape index (κ1) is 22.7. The number of anilines is 2. The maximum Gasteiger partial charge on any atom is 0.409 e. The lowest BCUT2D eigenvalue weighted by molar-refractivity contribution is -0.148. The molecule has 3 rings (SSSR count). The van der Waals surface area contributed by atoms with Crippen LogP contribution in [0.3, 0.4) is 0 Å². The standard InChI is InChI=1S/C17H15BrF3N5O.C2H6/c1-26-12(8-13(25-26)17(19,20)21)10-6-7-14(23-15(10)22)24-16(27)9-4-2-3-5-11(9)18;1-2/h2-8,13,25H,1H3,(H3,22,23,24,27);1-2H3. The van der Waals surface area contributed by atoms with Crippen LogP contribution in [0.1, 0.15) is 29.8 Å². The summed E-state index contributed by atoms with van der Waals surface area (Å²) < 4.78 is 39.3. The molecule has 1 aliphatic rings. The first-order valence-electron chi connectivity index (χ1n) is 8.78. The van der Waals surface area contributed by atoms with Crippen LogP contribution < -0.4 is 16.5 Å². The maximum absolute atomic E-state index is 12.9. The molecular weight excluding hydrogens is 451 g/mol. The molecule has 4 N–H and O–H groups in total. The van der Waals surface area contributed by atoms with Gasteiger partial charge in [-0.1, -0.05) is 26.0 Å². The highest BCUT2D eigenvalue weighted by molar-refractivity contribution is 9.10. The lowest BCUT2D eigenvalue weighted by Gasteiger charge is -2.20. The number of nitrogen functional groups attached to an aromatic ring is 1. The number of nitrogens with two attached hydrogens (primary N) is 1. The quantitative estimate of drug-likeness (QED) is 0.616. The van der Waals surface area contributed by atoms with E-state index >= 15 is 0 Å². The number of rotatable bonds is 3. The summed E-state index contributed by atoms with van der Waals surface area (Å²) in [7, 11) is 1.46. The Morgan fingerprint density at radius 3 is 2.45 bits per heavy atom. The van der Waals surface area contributed by atoms with E-state index in [2.05, 4.69) is 31.7 Å². The Kier molecular flexibility index (Phi) is 7.26. The minimum Gasteiger partial charge on any atom is -0.383 e. The van der Waals surface area contributed by atoms with Gasteiger partial charge >= 0.3 is 6.18 Å². The van der Waals surface area contributed by atoms with Gasteiger partial charge in [-0.15, -0.1) is 0 Å². The molecule has 1 aromatic carbocycles. The number of hydrazine groups is 1. The number of halogens is 4. The molecule has 10 heteroatoms. The minimum atomic E-state index is -4.42. The molecule has 6 nitrogen and oxygen atoms in total. The predicted molar refractivity (Wildman–Crippen MR) is 111 cm³/mol. The minimum absolute atomic E-state index is 0.00246. The number of carbonyl (C=O) groups excluding carboxylic acids is 1. The van der Waals surface area contributed by atoms with Gasteiger partial charge in [0.25, 0.3) is 5.91 Å². The molecular formula is C19H21BrF3N5O. The molecule has 156 valence electrons. The van der Waals surface area contributed by atoms with Crippen LogP contribution >= 0.6 is 15.9 Å². The Morgan fingerprint density at radius 1 is 1.24 bits per heavy atom. The Morgan fingerprint density at radius 2 is 1.90 bits per heavy atom. The Bertz CT molecular complexity index is 917. The second kappa shape index (κ2) is 9.27. The number of aromatic nitrogens is 1. The smallest absolute Gasteiger partial charge is 0.383 e. The molecule has 0 spiro atoms. The third-order valence-electron chi connectivity index (χ3n) is 3.93. The van der Waals surface area contributed by atoms with Gasteiger partial charge < -0.3 is 16.1 Å². The molecule has 1 atom stereocenters. The van der Waals surface area contributed by atoms with Gasteiger partial charge in [-0.2, -0.15) is 13.2 Å². The van der Waals surface area contributed by atoms with Gasteiger partial charge in [-0.3, -0.25) is 4.79 Å². The number of hydrogen-bond donors (Lipinski definition) is 3. The molecule has 2 aromatic rings. The van der Waals surface area contributed by atoms with Crippen molar-refractivity contribution in [2.45, 2.75) is 26.1 Å². The van der Waals surface area contributed by atoms with Crippen molar-refractivity contribution < 1.29 is 18.0 Å². The van der Waals surface area contributed by atoms with Crippen LogP contribution in [-0.4, -0.2) is 35.2 Å². The van der Waals surface area contributed by atoms with E-state index in [0.29, 0.717) is 15.6 Å². The largest absolute Gasteiger partial charge is 0.409 e. The topological polar surface area (TPSA) is 83.3 Å². The summed E-state index contributed by atoms with van der Waals surface area (Å²) in [6.45, 7) is 4.00. The second-order valence-electron chi connectivity index (χ2n) is 5.82. The van der Waals surface area contributed by atoms with E-state index in [1.807, 2.05) is 13.8 Å². The molecule has 0 saturated carbocycles. The molecule has 29 heavy (non-hydrogen) atoms. The van der Waals surface area contributed by atoms with Gasteiger partial charge in [0.15, 0.2) is 0 Å². The monoisotopic (exact) mass is 471 g/mol. The summed E-state index contributed by atoms with van der Waals surface area (Å²) in [4.78, 5) is 16.4. The number of nitrogens with zero attached hydrogens (tertiary/aromatic N) is 2. The normalized spacial score (nSPS) is 16.0. The summed E-state index contributed by atoms with van der Waals surface area (Å²) >= 11 is 3.29. The van der Waals surface area contributed by atoms with Crippen molar-refractivity contribution in [1.29, 1.82) is 0 Å². The number of carbonyl (C=O) groups is 1. The lowest BCUT2D eigenvalue weighted by Crippen LogP contribution is -2.42. The molecule has 0 aliphatic carbocycles. The molecule has 1 aliphatic heterocycles. The lowest BCUT2D eigenvalue weighted by atomic mass is 10.1. The van der Waals surface area contributed by atoms with Crippen LogP contribution in [0.2, 0.25) is 0 Å². The predicted octanol–water partition coefficient (Wildman–Crippen LogP) is 4.43. The number of hydrogen-bond acceptors (Lipinski definition) is 5. The van der Waals surface area contributed by atoms with E-state index in [9.17, 15) is 18.0 Å². The van der Waals surface area contributed by atoms with Crippen molar-refractivity contribution in [3.05, 3.63) is 58.1 Å². The van der Waals surface area contributed by atoms with Gasteiger partial charge in [0.1, 0.15) is 17.7 Å². The van der Waals surface area contributed by atoms with Crippen molar-refractivity contribution in [1.82, 2.24) is 15.4 Å². The van der Waals surface area contributed by atoms with E-state index in [1.54, 1.807) is 24.3 Å². The van der Waals surface area contributed by atoms with Crippen LogP contribution in [0.25, 0.3) is 5.70 Å². The van der Waals surface area contributed by atoms with Crippen LogP contribution in [0.15, 0.2) is 46.9 Å². The maximum atomic E-state index is 12.9. The molecule has 2 heterocycles. The Balaban J connectivity index is 0.00000145. The summed E-state index contributed by atoms with van der Waals surface area (Å²) in [5.41, 5.74) is 9.21. The zero-order valence-corrected chi connectivity index (χ0v) is 17.6. The van der Waals surface area contributed by atoms with Gasteiger partial charge in [0, 0.05) is 17.1 Å². The molecule has 0 bridgehead atoms. The van der Waals surface area contributed by atoms with E-state index in [-0.39, 0.29) is 17.3 Å². The van der Waals surface area contributed by atoms with Crippen LogP contribution in [0.5, 0.6) is 0 Å². The summed E-state index contributed by atoms with van der Waals surface area (Å²) in [5.74, 6) is -0.195.